The van der Waals surface area contributed by atoms with Gasteiger partial charge in [-0.05, 0) is 38.5 Å². The van der Waals surface area contributed by atoms with Crippen molar-refractivity contribution < 1.29 is 23.1 Å². The van der Waals surface area contributed by atoms with Gasteiger partial charge in [0.25, 0.3) is 0 Å². The lowest BCUT2D eigenvalue weighted by molar-refractivity contribution is -0.182. The van der Waals surface area contributed by atoms with Crippen molar-refractivity contribution in [2.24, 2.45) is 11.8 Å². The summed E-state index contributed by atoms with van der Waals surface area (Å²) >= 11 is 0. The van der Waals surface area contributed by atoms with E-state index in [1.807, 2.05) is 0 Å². The van der Waals surface area contributed by atoms with Crippen LogP contribution in [0.4, 0.5) is 18.0 Å². The smallest absolute Gasteiger partial charge is 0.391 e. The molecule has 2 rings (SSSR count). The average molecular weight is 322 g/mol. The van der Waals surface area contributed by atoms with Crippen molar-refractivity contribution in [2.45, 2.75) is 69.6 Å². The molecule has 128 valence electrons. The lowest BCUT2D eigenvalue weighted by atomic mass is 9.85. The minimum Gasteiger partial charge on any atom is -0.396 e. The maximum atomic E-state index is 12.6. The summed E-state index contributed by atoms with van der Waals surface area (Å²) in [7, 11) is 0. The number of rotatable bonds is 3. The van der Waals surface area contributed by atoms with Crippen LogP contribution in [0.1, 0.15) is 51.4 Å². The molecular weight excluding hydrogens is 297 g/mol. The summed E-state index contributed by atoms with van der Waals surface area (Å²) in [5.74, 6) is -1.15. The molecule has 0 radical (unpaired) electrons. The SMILES string of the molecule is O=C(NC1CCC(C(F)(F)F)CC1)NC1CCCCC1CO. The van der Waals surface area contributed by atoms with Gasteiger partial charge in [0.05, 0.1) is 5.92 Å². The second kappa shape index (κ2) is 7.53. The van der Waals surface area contributed by atoms with E-state index in [9.17, 15) is 23.1 Å². The molecule has 2 amide bonds. The van der Waals surface area contributed by atoms with Gasteiger partial charge in [-0.1, -0.05) is 12.8 Å². The zero-order valence-corrected chi connectivity index (χ0v) is 12.7. The fourth-order valence-electron chi connectivity index (χ4n) is 3.58. The molecule has 7 heteroatoms. The lowest BCUT2D eigenvalue weighted by Gasteiger charge is -2.33. The number of nitrogens with one attached hydrogen (secondary N) is 2. The third-order valence-corrected chi connectivity index (χ3v) is 4.99. The lowest BCUT2D eigenvalue weighted by Crippen LogP contribution is -2.51. The molecule has 2 unspecified atom stereocenters. The van der Waals surface area contributed by atoms with Gasteiger partial charge in [-0.25, -0.2) is 4.79 Å². The van der Waals surface area contributed by atoms with Gasteiger partial charge in [-0.15, -0.1) is 0 Å². The summed E-state index contributed by atoms with van der Waals surface area (Å²) in [6, 6.07) is -0.541. The number of aliphatic hydroxyl groups is 1. The predicted molar refractivity (Wildman–Crippen MR) is 76.3 cm³/mol. The predicted octanol–water partition coefficient (Wildman–Crippen LogP) is 2.96. The Morgan fingerprint density at radius 1 is 1.00 bits per heavy atom. The Morgan fingerprint density at radius 3 is 2.23 bits per heavy atom. The Morgan fingerprint density at radius 2 is 1.64 bits per heavy atom. The molecule has 2 fully saturated rings. The molecule has 0 aromatic heterocycles. The van der Waals surface area contributed by atoms with E-state index in [1.54, 1.807) is 0 Å². The third kappa shape index (κ3) is 4.76. The highest BCUT2D eigenvalue weighted by molar-refractivity contribution is 5.74. The molecule has 0 bridgehead atoms. The molecule has 0 aliphatic heterocycles. The van der Waals surface area contributed by atoms with Crippen LogP contribution in [0.25, 0.3) is 0 Å². The van der Waals surface area contributed by atoms with Crippen molar-refractivity contribution >= 4 is 6.03 Å². The Labute approximate surface area is 128 Å². The van der Waals surface area contributed by atoms with E-state index in [2.05, 4.69) is 10.6 Å². The van der Waals surface area contributed by atoms with Gasteiger partial charge in [0.1, 0.15) is 0 Å². The highest BCUT2D eigenvalue weighted by atomic mass is 19.4. The third-order valence-electron chi connectivity index (χ3n) is 4.99. The minimum atomic E-state index is -4.12. The summed E-state index contributed by atoms with van der Waals surface area (Å²) in [6.45, 7) is 0.0572. The first-order valence-electron chi connectivity index (χ1n) is 8.14. The quantitative estimate of drug-likeness (QED) is 0.748. The molecule has 0 aromatic carbocycles. The van der Waals surface area contributed by atoms with Crippen LogP contribution < -0.4 is 10.6 Å². The number of urea groups is 1. The minimum absolute atomic E-state index is 0.0368. The number of hydrogen-bond acceptors (Lipinski definition) is 2. The van der Waals surface area contributed by atoms with Gasteiger partial charge < -0.3 is 15.7 Å². The Balaban J connectivity index is 1.74. The van der Waals surface area contributed by atoms with Crippen molar-refractivity contribution in [1.82, 2.24) is 10.6 Å². The van der Waals surface area contributed by atoms with Crippen LogP contribution in [0, 0.1) is 11.8 Å². The van der Waals surface area contributed by atoms with Crippen LogP contribution in [-0.2, 0) is 0 Å². The van der Waals surface area contributed by atoms with Gasteiger partial charge in [0.2, 0.25) is 0 Å². The van der Waals surface area contributed by atoms with Crippen LogP contribution in [-0.4, -0.2) is 36.0 Å². The largest absolute Gasteiger partial charge is 0.396 e. The van der Waals surface area contributed by atoms with E-state index < -0.39 is 12.1 Å². The molecule has 0 heterocycles. The van der Waals surface area contributed by atoms with E-state index in [4.69, 9.17) is 0 Å². The molecule has 0 aromatic rings. The number of carbonyl (C=O) groups is 1. The molecule has 2 atom stereocenters. The number of amides is 2. The standard InChI is InChI=1S/C15H25F3N2O2/c16-15(17,18)11-5-7-12(8-6-11)19-14(22)20-13-4-2-1-3-10(13)9-21/h10-13,21H,1-9H2,(H2,19,20,22). The second-order valence-corrected chi connectivity index (χ2v) is 6.54. The molecule has 3 N–H and O–H groups in total. The van der Waals surface area contributed by atoms with Crippen molar-refractivity contribution in [2.75, 3.05) is 6.61 Å². The Bertz CT molecular complexity index is 368. The van der Waals surface area contributed by atoms with E-state index in [1.165, 1.54) is 0 Å². The Hall–Kier alpha value is -0.980. The summed E-state index contributed by atoms with van der Waals surface area (Å²) < 4.78 is 37.8. The maximum Gasteiger partial charge on any atom is 0.391 e. The highest BCUT2D eigenvalue weighted by Crippen LogP contribution is 2.37. The zero-order valence-electron chi connectivity index (χ0n) is 12.7. The van der Waals surface area contributed by atoms with Crippen molar-refractivity contribution in [3.8, 4) is 0 Å². The Kier molecular flexibility index (Phi) is 5.94. The van der Waals surface area contributed by atoms with Crippen LogP contribution in [0.15, 0.2) is 0 Å². The monoisotopic (exact) mass is 322 g/mol. The molecule has 0 spiro atoms. The summed E-state index contributed by atoms with van der Waals surface area (Å²) in [4.78, 5) is 12.0. The first-order valence-corrected chi connectivity index (χ1v) is 8.14. The average Bonchev–Trinajstić information content (AvgIpc) is 2.47. The first kappa shape index (κ1) is 17.4. The molecule has 0 saturated heterocycles. The number of halogens is 3. The van der Waals surface area contributed by atoms with Crippen LogP contribution in [0.3, 0.4) is 0 Å². The van der Waals surface area contributed by atoms with E-state index in [0.717, 1.165) is 25.7 Å². The zero-order chi connectivity index (χ0) is 16.2. The van der Waals surface area contributed by atoms with Gasteiger partial charge in [0, 0.05) is 24.6 Å². The van der Waals surface area contributed by atoms with Crippen molar-refractivity contribution in [3.05, 3.63) is 0 Å². The molecule has 2 aliphatic carbocycles. The normalized spacial score (nSPS) is 33.3. The topological polar surface area (TPSA) is 61.4 Å². The van der Waals surface area contributed by atoms with Gasteiger partial charge >= 0.3 is 12.2 Å². The molecule has 22 heavy (non-hydrogen) atoms. The fraction of sp³-hybridized carbons (Fsp3) is 0.933. The maximum absolute atomic E-state index is 12.6. The molecule has 2 saturated carbocycles. The van der Waals surface area contributed by atoms with Gasteiger partial charge in [-0.2, -0.15) is 13.2 Å². The fourth-order valence-corrected chi connectivity index (χ4v) is 3.58. The molecule has 2 aliphatic rings. The molecule has 4 nitrogen and oxygen atoms in total. The van der Waals surface area contributed by atoms with Gasteiger partial charge in [0.15, 0.2) is 0 Å². The number of carbonyl (C=O) groups excluding carboxylic acids is 1. The number of alkyl halides is 3. The van der Waals surface area contributed by atoms with Gasteiger partial charge in [-0.3, -0.25) is 0 Å². The summed E-state index contributed by atoms with van der Waals surface area (Å²) in [6.07, 6.45) is 0.609. The van der Waals surface area contributed by atoms with E-state index >= 15 is 0 Å². The van der Waals surface area contributed by atoms with Crippen LogP contribution in [0.2, 0.25) is 0 Å². The van der Waals surface area contributed by atoms with E-state index in [0.29, 0.717) is 12.8 Å². The van der Waals surface area contributed by atoms with E-state index in [-0.39, 0.29) is 43.5 Å². The molecular formula is C15H25F3N2O2. The summed E-state index contributed by atoms with van der Waals surface area (Å²) in [5, 5.41) is 15.0. The van der Waals surface area contributed by atoms with Crippen molar-refractivity contribution in [3.63, 3.8) is 0 Å². The summed E-state index contributed by atoms with van der Waals surface area (Å²) in [5.41, 5.74) is 0. The first-order chi connectivity index (χ1) is 10.4. The highest BCUT2D eigenvalue weighted by Gasteiger charge is 2.41. The number of hydrogen-bond donors (Lipinski definition) is 3. The van der Waals surface area contributed by atoms with Crippen LogP contribution in [0.5, 0.6) is 0 Å². The van der Waals surface area contributed by atoms with Crippen LogP contribution >= 0.6 is 0 Å². The second-order valence-electron chi connectivity index (χ2n) is 6.54. The van der Waals surface area contributed by atoms with Crippen molar-refractivity contribution in [1.29, 1.82) is 0 Å². The number of aliphatic hydroxyl groups excluding tert-OH is 1.